The molecule has 1 aromatic carbocycles. The highest BCUT2D eigenvalue weighted by Gasteiger charge is 2.12. The normalized spacial score (nSPS) is 10.5. The quantitative estimate of drug-likeness (QED) is 0.739. The van der Waals surface area contributed by atoms with Gasteiger partial charge in [0.25, 0.3) is 0 Å². The molecule has 3 aromatic rings. The van der Waals surface area contributed by atoms with Crippen LogP contribution in [0.15, 0.2) is 48.9 Å². The van der Waals surface area contributed by atoms with Crippen LogP contribution < -0.4 is 4.74 Å². The van der Waals surface area contributed by atoms with Crippen molar-refractivity contribution in [1.82, 2.24) is 19.9 Å². The Labute approximate surface area is 129 Å². The third-order valence-electron chi connectivity index (χ3n) is 3.36. The van der Waals surface area contributed by atoms with Crippen molar-refractivity contribution >= 4 is 0 Å². The van der Waals surface area contributed by atoms with E-state index in [4.69, 9.17) is 4.74 Å². The van der Waals surface area contributed by atoms with Crippen LogP contribution in [0.1, 0.15) is 16.8 Å². The molecule has 5 nitrogen and oxygen atoms in total. The zero-order valence-electron chi connectivity index (χ0n) is 12.5. The molecule has 0 fully saturated rings. The molecular weight excluding hydrogens is 276 g/mol. The molecule has 3 rings (SSSR count). The van der Waals surface area contributed by atoms with Crippen LogP contribution in [-0.4, -0.2) is 19.9 Å². The van der Waals surface area contributed by atoms with Gasteiger partial charge in [0.05, 0.1) is 6.20 Å². The highest BCUT2D eigenvalue weighted by Crippen LogP contribution is 2.22. The summed E-state index contributed by atoms with van der Waals surface area (Å²) in [5, 5.41) is 0. The van der Waals surface area contributed by atoms with E-state index < -0.39 is 0 Å². The van der Waals surface area contributed by atoms with E-state index in [0.29, 0.717) is 24.0 Å². The Balaban J connectivity index is 1.89. The number of rotatable bonds is 4. The van der Waals surface area contributed by atoms with Gasteiger partial charge in [-0.05, 0) is 19.4 Å². The predicted octanol–water partition coefficient (Wildman–Crippen LogP) is 3.13. The predicted molar refractivity (Wildman–Crippen MR) is 83.3 cm³/mol. The maximum Gasteiger partial charge on any atom is 0.220 e. The average Bonchev–Trinajstić information content (AvgIpc) is 2.58. The van der Waals surface area contributed by atoms with Gasteiger partial charge in [-0.3, -0.25) is 4.98 Å². The number of aryl methyl sites for hydroxylation is 1. The third kappa shape index (κ3) is 3.09. The Morgan fingerprint density at radius 2 is 1.82 bits per heavy atom. The molecule has 2 aromatic heterocycles. The molecule has 0 N–H and O–H groups in total. The Kier molecular flexibility index (Phi) is 4.05. The van der Waals surface area contributed by atoms with Crippen LogP contribution in [0.2, 0.25) is 0 Å². The fourth-order valence-electron chi connectivity index (χ4n) is 2.00. The topological polar surface area (TPSA) is 60.8 Å². The average molecular weight is 292 g/mol. The molecule has 0 aliphatic carbocycles. The number of nitrogens with zero attached hydrogens (tertiary/aromatic N) is 4. The molecule has 0 saturated carbocycles. The summed E-state index contributed by atoms with van der Waals surface area (Å²) in [6, 6.07) is 10.00. The zero-order valence-corrected chi connectivity index (χ0v) is 12.5. The molecule has 0 amide bonds. The minimum Gasteiger partial charge on any atom is -0.473 e. The van der Waals surface area contributed by atoms with Gasteiger partial charge in [-0.15, -0.1) is 0 Å². The molecule has 5 heteroatoms. The molecule has 22 heavy (non-hydrogen) atoms. The van der Waals surface area contributed by atoms with Gasteiger partial charge in [-0.25, -0.2) is 9.97 Å². The van der Waals surface area contributed by atoms with Gasteiger partial charge in [0.15, 0.2) is 5.82 Å². The second-order valence-electron chi connectivity index (χ2n) is 4.93. The van der Waals surface area contributed by atoms with Crippen molar-refractivity contribution in [3.8, 4) is 17.4 Å². The SMILES string of the molecule is Cc1nc(-c2cnccn2)nc(OCc2ccccc2)c1C. The van der Waals surface area contributed by atoms with Crippen LogP contribution >= 0.6 is 0 Å². The van der Waals surface area contributed by atoms with Crippen molar-refractivity contribution in [3.63, 3.8) is 0 Å². The minimum atomic E-state index is 0.470. The largest absolute Gasteiger partial charge is 0.473 e. The van der Waals surface area contributed by atoms with E-state index in [1.807, 2.05) is 44.2 Å². The van der Waals surface area contributed by atoms with Gasteiger partial charge in [0.2, 0.25) is 5.88 Å². The number of benzene rings is 1. The summed E-state index contributed by atoms with van der Waals surface area (Å²) in [4.78, 5) is 17.2. The van der Waals surface area contributed by atoms with Gasteiger partial charge >= 0.3 is 0 Å². The first kappa shape index (κ1) is 14.1. The van der Waals surface area contributed by atoms with Gasteiger partial charge in [0, 0.05) is 23.7 Å². The van der Waals surface area contributed by atoms with Crippen molar-refractivity contribution < 1.29 is 4.74 Å². The number of hydrogen-bond acceptors (Lipinski definition) is 5. The summed E-state index contributed by atoms with van der Waals surface area (Å²) in [5.74, 6) is 1.11. The third-order valence-corrected chi connectivity index (χ3v) is 3.36. The summed E-state index contributed by atoms with van der Waals surface area (Å²) in [6.07, 6.45) is 4.89. The van der Waals surface area contributed by atoms with E-state index >= 15 is 0 Å². The van der Waals surface area contributed by atoms with Crippen LogP contribution in [0.5, 0.6) is 5.88 Å². The monoisotopic (exact) mass is 292 g/mol. The maximum absolute atomic E-state index is 5.87. The van der Waals surface area contributed by atoms with E-state index in [2.05, 4.69) is 19.9 Å². The van der Waals surface area contributed by atoms with Crippen LogP contribution in [0.4, 0.5) is 0 Å². The lowest BCUT2D eigenvalue weighted by molar-refractivity contribution is 0.291. The second kappa shape index (κ2) is 6.30. The van der Waals surface area contributed by atoms with E-state index in [1.165, 1.54) is 0 Å². The molecular formula is C17H16N4O. The van der Waals surface area contributed by atoms with E-state index in [1.54, 1.807) is 18.6 Å². The standard InChI is InChI=1S/C17H16N4O/c1-12-13(2)20-16(15-10-18-8-9-19-15)21-17(12)22-11-14-6-4-3-5-7-14/h3-10H,11H2,1-2H3. The van der Waals surface area contributed by atoms with Crippen LogP contribution in [0, 0.1) is 13.8 Å². The molecule has 0 aliphatic heterocycles. The summed E-state index contributed by atoms with van der Waals surface area (Å²) in [5.41, 5.74) is 3.54. The lowest BCUT2D eigenvalue weighted by Crippen LogP contribution is -2.04. The molecule has 0 aliphatic rings. The highest BCUT2D eigenvalue weighted by molar-refractivity contribution is 5.49. The maximum atomic E-state index is 5.87. The molecule has 0 spiro atoms. The molecule has 0 radical (unpaired) electrons. The molecule has 0 bridgehead atoms. The highest BCUT2D eigenvalue weighted by atomic mass is 16.5. The lowest BCUT2D eigenvalue weighted by atomic mass is 10.2. The van der Waals surface area contributed by atoms with Crippen molar-refractivity contribution in [1.29, 1.82) is 0 Å². The van der Waals surface area contributed by atoms with Gasteiger partial charge < -0.3 is 4.74 Å². The molecule has 110 valence electrons. The Morgan fingerprint density at radius 3 is 2.55 bits per heavy atom. The second-order valence-corrected chi connectivity index (χ2v) is 4.93. The first-order chi connectivity index (χ1) is 10.7. The van der Waals surface area contributed by atoms with Crippen molar-refractivity contribution in [2.24, 2.45) is 0 Å². The van der Waals surface area contributed by atoms with E-state index in [9.17, 15) is 0 Å². The summed E-state index contributed by atoms with van der Waals surface area (Å²) >= 11 is 0. The smallest absolute Gasteiger partial charge is 0.220 e. The van der Waals surface area contributed by atoms with E-state index in [0.717, 1.165) is 16.8 Å². The first-order valence-corrected chi connectivity index (χ1v) is 7.02. The van der Waals surface area contributed by atoms with Crippen LogP contribution in [0.3, 0.4) is 0 Å². The Hall–Kier alpha value is -2.82. The zero-order chi connectivity index (χ0) is 15.4. The fourth-order valence-corrected chi connectivity index (χ4v) is 2.00. The summed E-state index contributed by atoms with van der Waals surface area (Å²) < 4.78 is 5.87. The number of aromatic nitrogens is 4. The molecule has 0 unspecified atom stereocenters. The van der Waals surface area contributed by atoms with Gasteiger partial charge in [-0.1, -0.05) is 30.3 Å². The Morgan fingerprint density at radius 1 is 1.00 bits per heavy atom. The van der Waals surface area contributed by atoms with E-state index in [-0.39, 0.29) is 0 Å². The molecule has 0 atom stereocenters. The fraction of sp³-hybridized carbons (Fsp3) is 0.176. The van der Waals surface area contributed by atoms with Gasteiger partial charge in [-0.2, -0.15) is 4.98 Å². The van der Waals surface area contributed by atoms with Crippen LogP contribution in [-0.2, 0) is 6.61 Å². The van der Waals surface area contributed by atoms with Crippen molar-refractivity contribution in [2.75, 3.05) is 0 Å². The molecule has 2 heterocycles. The summed E-state index contributed by atoms with van der Waals surface area (Å²) in [7, 11) is 0. The van der Waals surface area contributed by atoms with Crippen molar-refractivity contribution in [2.45, 2.75) is 20.5 Å². The lowest BCUT2D eigenvalue weighted by Gasteiger charge is -2.11. The van der Waals surface area contributed by atoms with Gasteiger partial charge in [0.1, 0.15) is 12.3 Å². The van der Waals surface area contributed by atoms with Crippen molar-refractivity contribution in [3.05, 3.63) is 65.7 Å². The molecule has 0 saturated heterocycles. The number of hydrogen-bond donors (Lipinski definition) is 0. The first-order valence-electron chi connectivity index (χ1n) is 7.02. The number of ether oxygens (including phenoxy) is 1. The Bertz CT molecular complexity index is 760. The minimum absolute atomic E-state index is 0.470. The summed E-state index contributed by atoms with van der Waals surface area (Å²) in [6.45, 7) is 4.36. The van der Waals surface area contributed by atoms with Crippen LogP contribution in [0.25, 0.3) is 11.5 Å².